The molecule has 0 spiro atoms. The van der Waals surface area contributed by atoms with Gasteiger partial charge in [-0.25, -0.2) is 0 Å². The molecule has 0 aromatic heterocycles. The summed E-state index contributed by atoms with van der Waals surface area (Å²) in [4.78, 5) is 1.11. The molecule has 0 bridgehead atoms. The Kier molecular flexibility index (Phi) is 9.76. The molecular weight excluding hydrogens is 292 g/mol. The van der Waals surface area contributed by atoms with Crippen molar-refractivity contribution in [3.05, 3.63) is 12.2 Å². The van der Waals surface area contributed by atoms with Gasteiger partial charge >= 0.3 is 0 Å². The quantitative estimate of drug-likeness (QED) is 0.455. The van der Waals surface area contributed by atoms with Crippen molar-refractivity contribution in [1.29, 1.82) is 0 Å². The first kappa shape index (κ1) is 13.7. The van der Waals surface area contributed by atoms with Gasteiger partial charge in [-0.3, -0.25) is 0 Å². The van der Waals surface area contributed by atoms with Crippen LogP contribution in [0.4, 0.5) is 0 Å². The minimum Gasteiger partial charge on any atom is -0.0845 e. The van der Waals surface area contributed by atoms with E-state index in [0.717, 1.165) is 0 Å². The van der Waals surface area contributed by atoms with Gasteiger partial charge in [0.1, 0.15) is 0 Å². The van der Waals surface area contributed by atoms with Crippen LogP contribution in [-0.4, -0.2) is 9.65 Å². The number of allylic oxidation sites excluding steroid dienone is 2. The third kappa shape index (κ3) is 9.01. The summed E-state index contributed by atoms with van der Waals surface area (Å²) in [6.07, 6.45) is 10.8. The third-order valence-electron chi connectivity index (χ3n) is 1.93. The molecule has 0 saturated carbocycles. The fourth-order valence-electron chi connectivity index (χ4n) is 1.11. The first-order valence-corrected chi connectivity index (χ1v) is 7.00. The number of rotatable bonds is 7. The number of hydrogen-bond donors (Lipinski definition) is 0. The molecule has 0 aliphatic carbocycles. The van der Waals surface area contributed by atoms with Crippen LogP contribution in [0.5, 0.6) is 0 Å². The summed E-state index contributed by atoms with van der Waals surface area (Å²) >= 11 is 7.28. The predicted molar refractivity (Wildman–Crippen MR) is 69.0 cm³/mol. The van der Waals surface area contributed by atoms with Crippen LogP contribution in [0.15, 0.2) is 12.2 Å². The minimum atomic E-state index is 0.555. The second-order valence-corrected chi connectivity index (χ2v) is 5.70. The maximum atomic E-state index is 3.65. The Bertz CT molecular complexity index is 132. The summed E-state index contributed by atoms with van der Waals surface area (Å²) in [7, 11) is 0. The standard InChI is InChI=1S/C11H20Br2/c1-3-5-7-11(13)9-8-10(12)6-4-2/h8-11H,3-7H2,1-2H3. The van der Waals surface area contributed by atoms with Crippen LogP contribution in [0, 0.1) is 0 Å². The van der Waals surface area contributed by atoms with Crippen LogP contribution in [0.2, 0.25) is 0 Å². The molecule has 13 heavy (non-hydrogen) atoms. The van der Waals surface area contributed by atoms with Gasteiger partial charge in [0.2, 0.25) is 0 Å². The van der Waals surface area contributed by atoms with E-state index in [1.165, 1.54) is 32.1 Å². The number of halogens is 2. The van der Waals surface area contributed by atoms with Gasteiger partial charge in [-0.2, -0.15) is 0 Å². The van der Waals surface area contributed by atoms with Gasteiger partial charge in [0.15, 0.2) is 0 Å². The van der Waals surface area contributed by atoms with E-state index in [-0.39, 0.29) is 0 Å². The maximum Gasteiger partial charge on any atom is 0.0325 e. The molecule has 0 fully saturated rings. The molecule has 2 unspecified atom stereocenters. The Labute approximate surface area is 99.4 Å². The van der Waals surface area contributed by atoms with E-state index in [1.807, 2.05) is 0 Å². The highest BCUT2D eigenvalue weighted by molar-refractivity contribution is 9.10. The number of unbranched alkanes of at least 4 members (excludes halogenated alkanes) is 1. The lowest BCUT2D eigenvalue weighted by molar-refractivity contribution is 0.740. The van der Waals surface area contributed by atoms with Crippen LogP contribution < -0.4 is 0 Å². The van der Waals surface area contributed by atoms with Gasteiger partial charge < -0.3 is 0 Å². The molecular formula is C11H20Br2. The summed E-state index contributed by atoms with van der Waals surface area (Å²) in [5.41, 5.74) is 0. The van der Waals surface area contributed by atoms with Crippen molar-refractivity contribution in [2.75, 3.05) is 0 Å². The third-order valence-corrected chi connectivity index (χ3v) is 3.45. The lowest BCUT2D eigenvalue weighted by Gasteiger charge is -2.04. The molecule has 0 nitrogen and oxygen atoms in total. The first-order valence-electron chi connectivity index (χ1n) is 5.17. The van der Waals surface area contributed by atoms with E-state index in [1.54, 1.807) is 0 Å². The second-order valence-electron chi connectivity index (χ2n) is 3.35. The molecule has 0 saturated heterocycles. The van der Waals surface area contributed by atoms with Crippen molar-refractivity contribution in [3.63, 3.8) is 0 Å². The average molecular weight is 312 g/mol. The van der Waals surface area contributed by atoms with Gasteiger partial charge in [-0.05, 0) is 12.8 Å². The van der Waals surface area contributed by atoms with Gasteiger partial charge in [0, 0.05) is 9.65 Å². The molecule has 0 heterocycles. The molecule has 2 heteroatoms. The van der Waals surface area contributed by atoms with Gasteiger partial charge in [-0.1, -0.05) is 77.1 Å². The van der Waals surface area contributed by atoms with Crippen molar-refractivity contribution in [1.82, 2.24) is 0 Å². The predicted octanol–water partition coefficient (Wildman–Crippen LogP) is 5.06. The molecule has 0 rings (SSSR count). The van der Waals surface area contributed by atoms with E-state index >= 15 is 0 Å². The summed E-state index contributed by atoms with van der Waals surface area (Å²) < 4.78 is 0. The maximum absolute atomic E-state index is 3.65. The fourth-order valence-corrected chi connectivity index (χ4v) is 2.24. The van der Waals surface area contributed by atoms with Crippen molar-refractivity contribution in [2.45, 2.75) is 55.6 Å². The van der Waals surface area contributed by atoms with Crippen LogP contribution in [0.25, 0.3) is 0 Å². The lowest BCUT2D eigenvalue weighted by atomic mass is 10.1. The first-order chi connectivity index (χ1) is 6.20. The highest BCUT2D eigenvalue weighted by Crippen LogP contribution is 2.15. The Morgan fingerprint density at radius 2 is 1.46 bits per heavy atom. The molecule has 0 N–H and O–H groups in total. The minimum absolute atomic E-state index is 0.555. The molecule has 78 valence electrons. The van der Waals surface area contributed by atoms with Gasteiger partial charge in [0.25, 0.3) is 0 Å². The van der Waals surface area contributed by atoms with E-state index in [4.69, 9.17) is 0 Å². The van der Waals surface area contributed by atoms with Gasteiger partial charge in [0.05, 0.1) is 0 Å². The van der Waals surface area contributed by atoms with Gasteiger partial charge in [-0.15, -0.1) is 0 Å². The van der Waals surface area contributed by atoms with Crippen molar-refractivity contribution in [3.8, 4) is 0 Å². The topological polar surface area (TPSA) is 0 Å². The molecule has 0 aliphatic rings. The summed E-state index contributed by atoms with van der Waals surface area (Å²) in [5, 5.41) is 0. The Morgan fingerprint density at radius 1 is 0.923 bits per heavy atom. The highest BCUT2D eigenvalue weighted by Gasteiger charge is 2.00. The fraction of sp³-hybridized carbons (Fsp3) is 0.818. The monoisotopic (exact) mass is 310 g/mol. The molecule has 0 aromatic rings. The van der Waals surface area contributed by atoms with E-state index < -0.39 is 0 Å². The molecule has 0 radical (unpaired) electrons. The van der Waals surface area contributed by atoms with Crippen molar-refractivity contribution >= 4 is 31.9 Å². The van der Waals surface area contributed by atoms with Crippen molar-refractivity contribution < 1.29 is 0 Å². The number of hydrogen-bond acceptors (Lipinski definition) is 0. The Balaban J connectivity index is 3.56. The molecule has 0 aliphatic heterocycles. The largest absolute Gasteiger partial charge is 0.0845 e. The van der Waals surface area contributed by atoms with E-state index in [0.29, 0.717) is 9.65 Å². The second kappa shape index (κ2) is 9.26. The lowest BCUT2D eigenvalue weighted by Crippen LogP contribution is -1.96. The molecule has 0 aromatic carbocycles. The van der Waals surface area contributed by atoms with Crippen LogP contribution in [-0.2, 0) is 0 Å². The Hall–Kier alpha value is 0.700. The summed E-state index contributed by atoms with van der Waals surface area (Å²) in [5.74, 6) is 0. The van der Waals surface area contributed by atoms with Crippen LogP contribution in [0.3, 0.4) is 0 Å². The number of alkyl halides is 2. The van der Waals surface area contributed by atoms with Crippen molar-refractivity contribution in [2.24, 2.45) is 0 Å². The van der Waals surface area contributed by atoms with Crippen LogP contribution in [0.1, 0.15) is 46.0 Å². The molecule has 2 atom stereocenters. The zero-order chi connectivity index (χ0) is 10.1. The van der Waals surface area contributed by atoms with E-state index in [9.17, 15) is 0 Å². The summed E-state index contributed by atoms with van der Waals surface area (Å²) in [6.45, 7) is 4.44. The SMILES string of the molecule is CCCCC(Br)C=CC(Br)CCC. The zero-order valence-corrected chi connectivity index (χ0v) is 11.8. The molecule has 0 amide bonds. The summed E-state index contributed by atoms with van der Waals surface area (Å²) in [6, 6.07) is 0. The average Bonchev–Trinajstić information content (AvgIpc) is 2.12. The Morgan fingerprint density at radius 3 is 1.92 bits per heavy atom. The van der Waals surface area contributed by atoms with Crippen LogP contribution >= 0.6 is 31.9 Å². The smallest absolute Gasteiger partial charge is 0.0325 e. The normalized spacial score (nSPS) is 16.3. The van der Waals surface area contributed by atoms with E-state index in [2.05, 4.69) is 57.9 Å². The zero-order valence-electron chi connectivity index (χ0n) is 8.60. The highest BCUT2D eigenvalue weighted by atomic mass is 79.9.